The summed E-state index contributed by atoms with van der Waals surface area (Å²) < 4.78 is 5.85. The molecule has 1 heterocycles. The molecule has 0 saturated heterocycles. The van der Waals surface area contributed by atoms with Crippen LogP contribution in [0.15, 0.2) is 58.7 Å². The lowest BCUT2D eigenvalue weighted by atomic mass is 9.65. The lowest BCUT2D eigenvalue weighted by Gasteiger charge is -2.35. The van der Waals surface area contributed by atoms with Gasteiger partial charge in [0.25, 0.3) is 0 Å². The van der Waals surface area contributed by atoms with Crippen molar-refractivity contribution in [2.45, 2.75) is 40.5 Å². The predicted octanol–water partition coefficient (Wildman–Crippen LogP) is 4.94. The number of hydrogen-bond donors (Lipinski definition) is 1. The minimum Gasteiger partial charge on any atom is -0.506 e. The zero-order chi connectivity index (χ0) is 22.1. The molecule has 1 aliphatic heterocycles. The van der Waals surface area contributed by atoms with E-state index in [0.717, 1.165) is 11.1 Å². The van der Waals surface area contributed by atoms with Crippen LogP contribution in [-0.4, -0.2) is 29.6 Å². The van der Waals surface area contributed by atoms with E-state index in [9.17, 15) is 19.5 Å². The second-order valence-electron chi connectivity index (χ2n) is 8.19. The maximum absolute atomic E-state index is 13.8. The van der Waals surface area contributed by atoms with Crippen molar-refractivity contribution in [3.63, 3.8) is 0 Å². The third-order valence-corrected chi connectivity index (χ3v) is 5.78. The Hall–Kier alpha value is -3.21. The topological polar surface area (TPSA) is 80.7 Å². The van der Waals surface area contributed by atoms with E-state index in [0.29, 0.717) is 24.7 Å². The van der Waals surface area contributed by atoms with Crippen molar-refractivity contribution >= 4 is 23.6 Å². The van der Waals surface area contributed by atoms with Crippen LogP contribution >= 0.6 is 0 Å². The maximum atomic E-state index is 13.8. The molecular weight excluding hydrogens is 380 g/mol. The number of Topliss-reactive ketones (excluding diaryl/α,β-unsaturated/α-hetero) is 1. The molecule has 2 aliphatic rings. The highest BCUT2D eigenvalue weighted by atomic mass is 16.5. The fourth-order valence-electron chi connectivity index (χ4n) is 3.87. The van der Waals surface area contributed by atoms with Gasteiger partial charge in [0.05, 0.1) is 11.0 Å². The van der Waals surface area contributed by atoms with Gasteiger partial charge in [-0.1, -0.05) is 35.4 Å². The SMILES string of the molecule is CC(C)=CC[C@]12C/C=C(/C)COc3cccc(C=O)c3C(O)=C(C(=O)C=C1C)C2=O. The molecule has 1 aromatic rings. The van der Waals surface area contributed by atoms with Gasteiger partial charge in [0.1, 0.15) is 23.7 Å². The Balaban J connectivity index is 2.38. The minimum atomic E-state index is -0.976. The van der Waals surface area contributed by atoms with Crippen molar-refractivity contribution in [1.29, 1.82) is 0 Å². The summed E-state index contributed by atoms with van der Waals surface area (Å²) in [5, 5.41) is 11.1. The average molecular weight is 406 g/mol. The van der Waals surface area contributed by atoms with Crippen LogP contribution in [0.2, 0.25) is 0 Å². The molecule has 0 unspecified atom stereocenters. The second-order valence-corrected chi connectivity index (χ2v) is 8.19. The molecule has 0 fully saturated rings. The molecule has 1 N–H and O–H groups in total. The molecule has 5 nitrogen and oxygen atoms in total. The van der Waals surface area contributed by atoms with Crippen LogP contribution in [0.3, 0.4) is 0 Å². The molecular formula is C25H26O5. The van der Waals surface area contributed by atoms with Crippen LogP contribution in [-0.2, 0) is 9.59 Å². The van der Waals surface area contributed by atoms with Gasteiger partial charge in [-0.2, -0.15) is 0 Å². The Labute approximate surface area is 176 Å². The highest BCUT2D eigenvalue weighted by molar-refractivity contribution is 6.32. The maximum Gasteiger partial charge on any atom is 0.193 e. The lowest BCUT2D eigenvalue weighted by molar-refractivity contribution is -0.126. The summed E-state index contributed by atoms with van der Waals surface area (Å²) in [5.41, 5.74) is 1.59. The molecule has 1 aromatic carbocycles. The number of allylic oxidation sites excluding steroid dienone is 6. The van der Waals surface area contributed by atoms with Crippen LogP contribution in [0.25, 0.3) is 5.76 Å². The van der Waals surface area contributed by atoms with E-state index in [-0.39, 0.29) is 29.1 Å². The summed E-state index contributed by atoms with van der Waals surface area (Å²) in [6, 6.07) is 4.76. The fourth-order valence-corrected chi connectivity index (χ4v) is 3.87. The van der Waals surface area contributed by atoms with Crippen LogP contribution in [0, 0.1) is 5.41 Å². The summed E-state index contributed by atoms with van der Waals surface area (Å²) in [6.07, 6.45) is 6.73. The largest absolute Gasteiger partial charge is 0.506 e. The van der Waals surface area contributed by atoms with Gasteiger partial charge in [-0.3, -0.25) is 14.4 Å². The molecule has 5 heteroatoms. The number of hydrogen-bond acceptors (Lipinski definition) is 5. The van der Waals surface area contributed by atoms with Crippen molar-refractivity contribution in [3.8, 4) is 5.75 Å². The van der Waals surface area contributed by atoms with Crippen molar-refractivity contribution in [3.05, 3.63) is 69.8 Å². The molecule has 0 amide bonds. The number of aliphatic hydroxyl groups is 1. The number of rotatable bonds is 3. The summed E-state index contributed by atoms with van der Waals surface area (Å²) in [6.45, 7) is 7.83. The average Bonchev–Trinajstić information content (AvgIpc) is 2.71. The minimum absolute atomic E-state index is 0.0722. The molecule has 156 valence electrons. The number of benzene rings is 1. The summed E-state index contributed by atoms with van der Waals surface area (Å²) in [4.78, 5) is 38.3. The first-order chi connectivity index (χ1) is 14.2. The quantitative estimate of drug-likeness (QED) is 0.437. The van der Waals surface area contributed by atoms with Gasteiger partial charge in [-0.05, 0) is 58.3 Å². The molecule has 3 rings (SSSR count). The highest BCUT2D eigenvalue weighted by Gasteiger charge is 2.46. The monoisotopic (exact) mass is 406 g/mol. The molecule has 0 saturated carbocycles. The molecule has 0 aromatic heterocycles. The van der Waals surface area contributed by atoms with Gasteiger partial charge in [-0.25, -0.2) is 0 Å². The zero-order valence-corrected chi connectivity index (χ0v) is 17.7. The van der Waals surface area contributed by atoms with E-state index < -0.39 is 22.7 Å². The number of aldehydes is 1. The molecule has 0 spiro atoms. The molecule has 1 aliphatic carbocycles. The van der Waals surface area contributed by atoms with Crippen molar-refractivity contribution in [2.24, 2.45) is 5.41 Å². The standard InChI is InChI=1S/C25H26O5/c1-15(2)8-10-25-11-9-16(3)14-30-20-7-5-6-18(13-26)21(20)23(28)22(24(25)29)19(27)12-17(25)4/h5-9,12-13,28H,10-11,14H2,1-4H3/b16-9-,23-22?/t25-/m0/s1. The van der Waals surface area contributed by atoms with Crippen LogP contribution in [0.4, 0.5) is 0 Å². The zero-order valence-electron chi connectivity index (χ0n) is 17.7. The predicted molar refractivity (Wildman–Crippen MR) is 115 cm³/mol. The molecule has 1 atom stereocenters. The number of fused-ring (bicyclic) bond motifs is 3. The third-order valence-electron chi connectivity index (χ3n) is 5.78. The number of carbonyl (C=O) groups is 3. The van der Waals surface area contributed by atoms with E-state index in [1.807, 2.05) is 32.9 Å². The molecule has 2 bridgehead atoms. The van der Waals surface area contributed by atoms with E-state index in [1.165, 1.54) is 12.1 Å². The van der Waals surface area contributed by atoms with Gasteiger partial charge in [0, 0.05) is 5.56 Å². The highest BCUT2D eigenvalue weighted by Crippen LogP contribution is 2.45. The van der Waals surface area contributed by atoms with Gasteiger partial charge in [-0.15, -0.1) is 0 Å². The lowest BCUT2D eigenvalue weighted by Crippen LogP contribution is -2.39. The first-order valence-corrected chi connectivity index (χ1v) is 9.92. The van der Waals surface area contributed by atoms with Gasteiger partial charge in [0.2, 0.25) is 0 Å². The van der Waals surface area contributed by atoms with Crippen molar-refractivity contribution in [1.82, 2.24) is 0 Å². The Bertz CT molecular complexity index is 1050. The number of carbonyl (C=O) groups excluding carboxylic acids is 3. The number of ketones is 2. The Morgan fingerprint density at radius 3 is 2.63 bits per heavy atom. The van der Waals surface area contributed by atoms with Crippen LogP contribution in [0.1, 0.15) is 56.5 Å². The summed E-state index contributed by atoms with van der Waals surface area (Å²) >= 11 is 0. The van der Waals surface area contributed by atoms with E-state index in [1.54, 1.807) is 19.1 Å². The number of ether oxygens (including phenoxy) is 1. The summed E-state index contributed by atoms with van der Waals surface area (Å²) in [7, 11) is 0. The fraction of sp³-hybridized carbons (Fsp3) is 0.320. The Morgan fingerprint density at radius 1 is 1.23 bits per heavy atom. The van der Waals surface area contributed by atoms with Gasteiger partial charge in [0.15, 0.2) is 17.9 Å². The van der Waals surface area contributed by atoms with Gasteiger partial charge >= 0.3 is 0 Å². The molecule has 0 radical (unpaired) electrons. The van der Waals surface area contributed by atoms with E-state index in [4.69, 9.17) is 4.74 Å². The third kappa shape index (κ3) is 3.67. The molecule has 30 heavy (non-hydrogen) atoms. The Morgan fingerprint density at radius 2 is 1.97 bits per heavy atom. The van der Waals surface area contributed by atoms with Gasteiger partial charge < -0.3 is 9.84 Å². The smallest absolute Gasteiger partial charge is 0.193 e. The van der Waals surface area contributed by atoms with Crippen molar-refractivity contribution in [2.75, 3.05) is 6.61 Å². The van der Waals surface area contributed by atoms with Crippen LogP contribution < -0.4 is 4.74 Å². The van der Waals surface area contributed by atoms with E-state index in [2.05, 4.69) is 0 Å². The normalized spacial score (nSPS) is 23.3. The van der Waals surface area contributed by atoms with Crippen LogP contribution in [0.5, 0.6) is 5.75 Å². The Kier molecular flexibility index (Phi) is 5.92. The number of aliphatic hydroxyl groups excluding tert-OH is 1. The summed E-state index contributed by atoms with van der Waals surface area (Å²) in [5.74, 6) is -1.25. The second kappa shape index (κ2) is 8.27. The first kappa shape index (κ1) is 21.5. The first-order valence-electron chi connectivity index (χ1n) is 9.92. The van der Waals surface area contributed by atoms with Crippen molar-refractivity contribution < 1.29 is 24.2 Å². The van der Waals surface area contributed by atoms with E-state index >= 15 is 0 Å².